The molecule has 2 aromatic carbocycles. The van der Waals surface area contributed by atoms with Crippen LogP contribution >= 0.6 is 11.6 Å². The topological polar surface area (TPSA) is 104 Å². The van der Waals surface area contributed by atoms with Crippen molar-refractivity contribution in [3.05, 3.63) is 99.9 Å². The standard InChI is InChI=1S/C29H31ClN6O2/c1-4-21-13-25(24-11-8-22(14-26(24)30)27-34-18(3)38-35-27)29(37)36(16-20-7-5-6-19(12-20)15-31)28(21)33-17(2)32-23-9-10-23/h4-8,11-14,18,23,32H,2,9-10,15-16,31H2,1,3H3,(H,34,35)/b21-4-,33-28+. The van der Waals surface area contributed by atoms with Crippen LogP contribution in [0.25, 0.3) is 5.57 Å². The van der Waals surface area contributed by atoms with Gasteiger partial charge in [0.05, 0.1) is 6.54 Å². The van der Waals surface area contributed by atoms with Gasteiger partial charge in [-0.1, -0.05) is 60.7 Å². The molecule has 1 saturated carbocycles. The highest BCUT2D eigenvalue weighted by molar-refractivity contribution is 6.37. The largest absolute Gasteiger partial charge is 0.368 e. The maximum atomic E-state index is 14.1. The summed E-state index contributed by atoms with van der Waals surface area (Å²) in [5, 5.41) is 3.76. The zero-order valence-corrected chi connectivity index (χ0v) is 22.3. The molecule has 0 spiro atoms. The first-order chi connectivity index (χ1) is 18.4. The fraction of sp³-hybridized carbons (Fsp3) is 0.276. The number of rotatable bonds is 8. The third kappa shape index (κ3) is 5.57. The summed E-state index contributed by atoms with van der Waals surface area (Å²) in [4.78, 5) is 30.2. The fourth-order valence-electron chi connectivity index (χ4n) is 4.41. The van der Waals surface area contributed by atoms with Crippen molar-refractivity contribution in [1.29, 1.82) is 0 Å². The van der Waals surface area contributed by atoms with Crippen LogP contribution in [0.3, 0.4) is 0 Å². The predicted molar refractivity (Wildman–Crippen MR) is 151 cm³/mol. The van der Waals surface area contributed by atoms with E-state index in [-0.39, 0.29) is 12.1 Å². The zero-order chi connectivity index (χ0) is 26.8. The van der Waals surface area contributed by atoms with Crippen molar-refractivity contribution in [2.45, 2.75) is 52.0 Å². The van der Waals surface area contributed by atoms with Crippen molar-refractivity contribution < 1.29 is 9.63 Å². The van der Waals surface area contributed by atoms with Crippen molar-refractivity contribution in [1.82, 2.24) is 15.7 Å². The lowest BCUT2D eigenvalue weighted by atomic mass is 9.95. The predicted octanol–water partition coefficient (Wildman–Crippen LogP) is 4.42. The molecule has 4 N–H and O–H groups in total. The van der Waals surface area contributed by atoms with E-state index in [4.69, 9.17) is 27.2 Å². The van der Waals surface area contributed by atoms with Crippen LogP contribution < -0.4 is 16.5 Å². The second-order valence-electron chi connectivity index (χ2n) is 9.51. The molecule has 1 unspecified atom stereocenters. The molecule has 0 bridgehead atoms. The molecule has 1 fully saturated rings. The summed E-state index contributed by atoms with van der Waals surface area (Å²) >= 11 is 6.74. The van der Waals surface area contributed by atoms with E-state index in [0.717, 1.165) is 35.1 Å². The van der Waals surface area contributed by atoms with Gasteiger partial charge in [-0.3, -0.25) is 9.69 Å². The molecule has 1 aliphatic carbocycles. The number of benzene rings is 2. The Morgan fingerprint density at radius 3 is 2.76 bits per heavy atom. The third-order valence-electron chi connectivity index (χ3n) is 6.53. The van der Waals surface area contributed by atoms with E-state index < -0.39 is 0 Å². The van der Waals surface area contributed by atoms with Crippen molar-refractivity contribution >= 4 is 34.8 Å². The first-order valence-corrected chi connectivity index (χ1v) is 13.1. The second-order valence-corrected chi connectivity index (χ2v) is 9.92. The van der Waals surface area contributed by atoms with Gasteiger partial charge < -0.3 is 11.1 Å². The lowest BCUT2D eigenvalue weighted by Gasteiger charge is -2.31. The van der Waals surface area contributed by atoms with Crippen LogP contribution in [0.1, 0.15) is 48.9 Å². The average Bonchev–Trinajstić information content (AvgIpc) is 3.62. The Labute approximate surface area is 227 Å². The Morgan fingerprint density at radius 2 is 2.11 bits per heavy atom. The highest BCUT2D eigenvalue weighted by Crippen LogP contribution is 2.33. The molecule has 0 saturated heterocycles. The summed E-state index contributed by atoms with van der Waals surface area (Å²) in [6.07, 6.45) is 5.70. The number of amides is 1. The van der Waals surface area contributed by atoms with Crippen molar-refractivity contribution in [3.8, 4) is 0 Å². The van der Waals surface area contributed by atoms with Crippen molar-refractivity contribution in [2.24, 2.45) is 15.7 Å². The molecule has 3 aliphatic rings. The van der Waals surface area contributed by atoms with Crippen molar-refractivity contribution in [2.75, 3.05) is 0 Å². The number of halogens is 1. The number of nitrogens with two attached hydrogens (primary N) is 1. The van der Waals surface area contributed by atoms with E-state index in [1.54, 1.807) is 11.0 Å². The lowest BCUT2D eigenvalue weighted by Crippen LogP contribution is -2.41. The summed E-state index contributed by atoms with van der Waals surface area (Å²) in [5.74, 6) is 1.48. The van der Waals surface area contributed by atoms with Crippen LogP contribution in [0.2, 0.25) is 5.02 Å². The van der Waals surface area contributed by atoms with E-state index in [0.29, 0.717) is 52.8 Å². The number of hydrogen-bond acceptors (Lipinski definition) is 7. The van der Waals surface area contributed by atoms with E-state index >= 15 is 0 Å². The van der Waals surface area contributed by atoms with E-state index in [1.807, 2.05) is 62.4 Å². The third-order valence-corrected chi connectivity index (χ3v) is 6.84. The molecular formula is C29H31ClN6O2. The van der Waals surface area contributed by atoms with Gasteiger partial charge in [-0.2, -0.15) is 0 Å². The number of allylic oxidation sites excluding steroid dienone is 1. The maximum Gasteiger partial charge on any atom is 0.260 e. The van der Waals surface area contributed by atoms with Gasteiger partial charge in [0.15, 0.2) is 12.1 Å². The highest BCUT2D eigenvalue weighted by atomic mass is 35.5. The number of nitrogens with one attached hydrogen (secondary N) is 2. The van der Waals surface area contributed by atoms with Crippen molar-refractivity contribution in [3.63, 3.8) is 0 Å². The van der Waals surface area contributed by atoms with Gasteiger partial charge in [0, 0.05) is 39.9 Å². The van der Waals surface area contributed by atoms with Crippen LogP contribution in [-0.4, -0.2) is 34.7 Å². The summed E-state index contributed by atoms with van der Waals surface area (Å²) in [5.41, 5.74) is 13.3. The van der Waals surface area contributed by atoms with Gasteiger partial charge in [-0.25, -0.2) is 20.3 Å². The zero-order valence-electron chi connectivity index (χ0n) is 21.5. The van der Waals surface area contributed by atoms with E-state index in [1.165, 1.54) is 0 Å². The molecule has 2 aromatic rings. The van der Waals surface area contributed by atoms with Crippen LogP contribution in [0, 0.1) is 0 Å². The number of carbonyl (C=O) groups excluding carboxylic acids is 1. The minimum atomic E-state index is -0.281. The van der Waals surface area contributed by atoms with Crippen LogP contribution in [0.15, 0.2) is 82.6 Å². The fourth-order valence-corrected chi connectivity index (χ4v) is 4.69. The molecule has 2 aliphatic heterocycles. The normalized spacial score (nSPS) is 21.4. The van der Waals surface area contributed by atoms with Gasteiger partial charge in [0.25, 0.3) is 5.91 Å². The molecule has 1 amide bonds. The Kier molecular flexibility index (Phi) is 7.46. The molecule has 38 heavy (non-hydrogen) atoms. The highest BCUT2D eigenvalue weighted by Gasteiger charge is 2.32. The summed E-state index contributed by atoms with van der Waals surface area (Å²) < 4.78 is 0. The summed E-state index contributed by atoms with van der Waals surface area (Å²) in [6, 6.07) is 13.8. The summed E-state index contributed by atoms with van der Waals surface area (Å²) in [6.45, 7) is 8.59. The van der Waals surface area contributed by atoms with Crippen LogP contribution in [0.4, 0.5) is 0 Å². The Morgan fingerprint density at radius 1 is 1.32 bits per heavy atom. The second kappa shape index (κ2) is 10.9. The quantitative estimate of drug-likeness (QED) is 0.468. The van der Waals surface area contributed by atoms with Gasteiger partial charge in [-0.15, -0.1) is 0 Å². The van der Waals surface area contributed by atoms with Gasteiger partial charge in [-0.05, 0) is 50.0 Å². The minimum Gasteiger partial charge on any atom is -0.368 e. The minimum absolute atomic E-state index is 0.199. The van der Waals surface area contributed by atoms with Crippen LogP contribution in [-0.2, 0) is 22.7 Å². The Bertz CT molecular complexity index is 1410. The molecule has 1 atom stereocenters. The first kappa shape index (κ1) is 25.9. The Balaban J connectivity index is 1.54. The van der Waals surface area contributed by atoms with Gasteiger partial charge >= 0.3 is 0 Å². The molecular weight excluding hydrogens is 500 g/mol. The van der Waals surface area contributed by atoms with E-state index in [9.17, 15) is 4.79 Å². The number of hydroxylamine groups is 1. The average molecular weight is 531 g/mol. The molecule has 8 nitrogen and oxygen atoms in total. The smallest absolute Gasteiger partial charge is 0.260 e. The van der Waals surface area contributed by atoms with Crippen LogP contribution in [0.5, 0.6) is 0 Å². The van der Waals surface area contributed by atoms with Gasteiger partial charge in [0.1, 0.15) is 11.7 Å². The molecule has 196 valence electrons. The molecule has 0 radical (unpaired) electrons. The summed E-state index contributed by atoms with van der Waals surface area (Å²) in [7, 11) is 0. The maximum absolute atomic E-state index is 14.1. The number of carbonyl (C=O) groups is 1. The van der Waals surface area contributed by atoms with Gasteiger partial charge in [0.2, 0.25) is 0 Å². The first-order valence-electron chi connectivity index (χ1n) is 12.7. The molecule has 2 heterocycles. The SMILES string of the molecule is C=C(/N=C1\C(=C/C)C=C(c2ccc(C3=NC(C)ON3)cc2Cl)C(=O)N1Cc1cccc(CN)c1)NC1CC1. The number of amidine groups is 2. The number of hydrogen-bond donors (Lipinski definition) is 3. The molecule has 0 aromatic heterocycles. The Hall–Kier alpha value is -3.72. The molecule has 5 rings (SSSR count). The monoisotopic (exact) mass is 530 g/mol. The lowest BCUT2D eigenvalue weighted by molar-refractivity contribution is -0.122. The number of nitrogens with zero attached hydrogens (tertiary/aromatic N) is 3. The molecule has 9 heteroatoms. The number of aliphatic imine (C=N–C) groups is 2. The van der Waals surface area contributed by atoms with E-state index in [2.05, 4.69) is 22.4 Å².